The minimum atomic E-state index is 0.645. The highest BCUT2D eigenvalue weighted by Crippen LogP contribution is 2.07. The fourth-order valence-electron chi connectivity index (χ4n) is 1.73. The smallest absolute Gasteiger partial charge is 0.0950 e. The molecule has 0 amide bonds. The van der Waals surface area contributed by atoms with Crippen molar-refractivity contribution in [3.05, 3.63) is 34.3 Å². The molecule has 2 heterocycles. The molecule has 0 aliphatic heterocycles. The minimum absolute atomic E-state index is 0.645. The first kappa shape index (κ1) is 13.2. The summed E-state index contributed by atoms with van der Waals surface area (Å²) in [7, 11) is 0. The summed E-state index contributed by atoms with van der Waals surface area (Å²) in [6.07, 6.45) is 4.83. The van der Waals surface area contributed by atoms with Gasteiger partial charge in [0.2, 0.25) is 0 Å². The van der Waals surface area contributed by atoms with E-state index in [0.717, 1.165) is 36.8 Å². The molecule has 0 aliphatic rings. The van der Waals surface area contributed by atoms with E-state index in [-0.39, 0.29) is 0 Å². The standard InChI is InChI=1S/C12H19N5S/c1-10-16-11(8-18-10)2-4-14-6-12-7-17(5-3-13)9-15-12/h7-9,14H,2-6,13H2,1H3. The second-order valence-electron chi connectivity index (χ2n) is 4.18. The van der Waals surface area contributed by atoms with Gasteiger partial charge in [-0.1, -0.05) is 0 Å². The SMILES string of the molecule is Cc1nc(CCNCc2cn(CCN)cn2)cs1. The van der Waals surface area contributed by atoms with E-state index in [2.05, 4.69) is 20.7 Å². The third-order valence-corrected chi connectivity index (χ3v) is 3.43. The number of rotatable bonds is 7. The van der Waals surface area contributed by atoms with Crippen LogP contribution in [0.4, 0.5) is 0 Å². The van der Waals surface area contributed by atoms with E-state index >= 15 is 0 Å². The molecule has 2 aromatic heterocycles. The second kappa shape index (κ2) is 6.63. The van der Waals surface area contributed by atoms with E-state index in [1.54, 1.807) is 11.3 Å². The van der Waals surface area contributed by atoms with Crippen molar-refractivity contribution in [2.45, 2.75) is 26.4 Å². The van der Waals surface area contributed by atoms with Crippen molar-refractivity contribution >= 4 is 11.3 Å². The van der Waals surface area contributed by atoms with Crippen LogP contribution < -0.4 is 11.1 Å². The molecule has 0 atom stereocenters. The van der Waals surface area contributed by atoms with Crippen molar-refractivity contribution in [2.24, 2.45) is 5.73 Å². The van der Waals surface area contributed by atoms with E-state index in [0.29, 0.717) is 6.54 Å². The van der Waals surface area contributed by atoms with Crippen LogP contribution in [0.3, 0.4) is 0 Å². The monoisotopic (exact) mass is 265 g/mol. The van der Waals surface area contributed by atoms with Gasteiger partial charge in [-0.2, -0.15) is 0 Å². The average molecular weight is 265 g/mol. The Morgan fingerprint density at radius 2 is 2.33 bits per heavy atom. The summed E-state index contributed by atoms with van der Waals surface area (Å²) in [5.74, 6) is 0. The number of hydrogen-bond donors (Lipinski definition) is 2. The molecule has 0 aliphatic carbocycles. The van der Waals surface area contributed by atoms with Gasteiger partial charge in [-0.05, 0) is 6.92 Å². The van der Waals surface area contributed by atoms with E-state index in [9.17, 15) is 0 Å². The predicted molar refractivity (Wildman–Crippen MR) is 73.5 cm³/mol. The number of thiazole rings is 1. The van der Waals surface area contributed by atoms with E-state index in [4.69, 9.17) is 5.73 Å². The quantitative estimate of drug-likeness (QED) is 0.731. The van der Waals surface area contributed by atoms with Crippen molar-refractivity contribution in [3.8, 4) is 0 Å². The van der Waals surface area contributed by atoms with Crippen LogP contribution in [0.2, 0.25) is 0 Å². The third-order valence-electron chi connectivity index (χ3n) is 2.60. The molecule has 2 rings (SSSR count). The molecule has 98 valence electrons. The zero-order valence-electron chi connectivity index (χ0n) is 10.6. The van der Waals surface area contributed by atoms with Gasteiger partial charge in [0.05, 0.1) is 22.7 Å². The van der Waals surface area contributed by atoms with Crippen LogP contribution in [-0.4, -0.2) is 27.6 Å². The van der Waals surface area contributed by atoms with Gasteiger partial charge in [-0.15, -0.1) is 11.3 Å². The minimum Gasteiger partial charge on any atom is -0.336 e. The highest BCUT2D eigenvalue weighted by molar-refractivity contribution is 7.09. The third kappa shape index (κ3) is 3.90. The van der Waals surface area contributed by atoms with Crippen LogP contribution in [0.1, 0.15) is 16.4 Å². The first-order valence-corrected chi connectivity index (χ1v) is 6.98. The summed E-state index contributed by atoms with van der Waals surface area (Å²) in [5, 5.41) is 6.62. The van der Waals surface area contributed by atoms with Crippen molar-refractivity contribution in [3.63, 3.8) is 0 Å². The molecule has 0 saturated carbocycles. The second-order valence-corrected chi connectivity index (χ2v) is 5.24. The van der Waals surface area contributed by atoms with Crippen LogP contribution in [-0.2, 0) is 19.5 Å². The normalized spacial score (nSPS) is 11.0. The number of nitrogens with zero attached hydrogens (tertiary/aromatic N) is 3. The fraction of sp³-hybridized carbons (Fsp3) is 0.500. The largest absolute Gasteiger partial charge is 0.336 e. The summed E-state index contributed by atoms with van der Waals surface area (Å²) < 4.78 is 2.01. The van der Waals surface area contributed by atoms with Gasteiger partial charge in [0.1, 0.15) is 0 Å². The number of imidazole rings is 1. The Kier molecular flexibility index (Phi) is 4.86. The Hall–Kier alpha value is -1.24. The Morgan fingerprint density at radius 3 is 3.06 bits per heavy atom. The molecular formula is C12H19N5S. The summed E-state index contributed by atoms with van der Waals surface area (Å²) in [6, 6.07) is 0. The van der Waals surface area contributed by atoms with Crippen molar-refractivity contribution in [2.75, 3.05) is 13.1 Å². The maximum Gasteiger partial charge on any atom is 0.0950 e. The van der Waals surface area contributed by atoms with E-state index in [1.807, 2.05) is 24.0 Å². The van der Waals surface area contributed by atoms with Crippen molar-refractivity contribution < 1.29 is 0 Å². The molecule has 0 spiro atoms. The lowest BCUT2D eigenvalue weighted by Gasteiger charge is -2.00. The lowest BCUT2D eigenvalue weighted by Crippen LogP contribution is -2.17. The average Bonchev–Trinajstić information content (AvgIpc) is 2.95. The molecule has 0 bridgehead atoms. The van der Waals surface area contributed by atoms with Gasteiger partial charge in [0.25, 0.3) is 0 Å². The molecule has 2 aromatic rings. The zero-order chi connectivity index (χ0) is 12.8. The maximum absolute atomic E-state index is 5.49. The Morgan fingerprint density at radius 1 is 1.44 bits per heavy atom. The van der Waals surface area contributed by atoms with Gasteiger partial charge in [-0.25, -0.2) is 9.97 Å². The maximum atomic E-state index is 5.49. The topological polar surface area (TPSA) is 68.8 Å². The summed E-state index contributed by atoms with van der Waals surface area (Å²) in [4.78, 5) is 8.74. The highest BCUT2D eigenvalue weighted by atomic mass is 32.1. The van der Waals surface area contributed by atoms with Gasteiger partial charge in [0, 0.05) is 44.2 Å². The Balaban J connectivity index is 1.68. The first-order chi connectivity index (χ1) is 8.78. The number of hydrogen-bond acceptors (Lipinski definition) is 5. The predicted octanol–water partition coefficient (Wildman–Crippen LogP) is 0.939. The van der Waals surface area contributed by atoms with Crippen LogP contribution in [0, 0.1) is 6.92 Å². The Labute approximate surface area is 111 Å². The molecular weight excluding hydrogens is 246 g/mol. The first-order valence-electron chi connectivity index (χ1n) is 6.10. The molecule has 18 heavy (non-hydrogen) atoms. The zero-order valence-corrected chi connectivity index (χ0v) is 11.4. The van der Waals surface area contributed by atoms with E-state index in [1.165, 1.54) is 5.69 Å². The van der Waals surface area contributed by atoms with E-state index < -0.39 is 0 Å². The van der Waals surface area contributed by atoms with Gasteiger partial charge in [-0.3, -0.25) is 0 Å². The molecule has 6 heteroatoms. The van der Waals surface area contributed by atoms with Crippen LogP contribution >= 0.6 is 11.3 Å². The number of aryl methyl sites for hydroxylation is 1. The Bertz CT molecular complexity index is 476. The lowest BCUT2D eigenvalue weighted by molar-refractivity contribution is 0.668. The molecule has 0 radical (unpaired) electrons. The van der Waals surface area contributed by atoms with Gasteiger partial charge >= 0.3 is 0 Å². The molecule has 0 unspecified atom stereocenters. The molecule has 0 fully saturated rings. The molecule has 5 nitrogen and oxygen atoms in total. The van der Waals surface area contributed by atoms with Crippen molar-refractivity contribution in [1.82, 2.24) is 19.9 Å². The van der Waals surface area contributed by atoms with Gasteiger partial charge in [0.15, 0.2) is 0 Å². The molecule has 3 N–H and O–H groups in total. The highest BCUT2D eigenvalue weighted by Gasteiger charge is 2.00. The number of nitrogens with two attached hydrogens (primary N) is 1. The number of nitrogens with one attached hydrogen (secondary N) is 1. The lowest BCUT2D eigenvalue weighted by atomic mass is 10.3. The van der Waals surface area contributed by atoms with Crippen molar-refractivity contribution in [1.29, 1.82) is 0 Å². The fourth-order valence-corrected chi connectivity index (χ4v) is 2.37. The van der Waals surface area contributed by atoms with Crippen LogP contribution in [0.25, 0.3) is 0 Å². The van der Waals surface area contributed by atoms with Crippen LogP contribution in [0.15, 0.2) is 17.9 Å². The van der Waals surface area contributed by atoms with Crippen LogP contribution in [0.5, 0.6) is 0 Å². The van der Waals surface area contributed by atoms with Gasteiger partial charge < -0.3 is 15.6 Å². The number of aromatic nitrogens is 3. The molecule has 0 aromatic carbocycles. The summed E-state index contributed by atoms with van der Waals surface area (Å²) in [5.41, 5.74) is 7.71. The summed E-state index contributed by atoms with van der Waals surface area (Å²) in [6.45, 7) is 5.22. The summed E-state index contributed by atoms with van der Waals surface area (Å²) >= 11 is 1.70. The molecule has 0 saturated heterocycles.